The minimum atomic E-state index is -1.12. The molecule has 1 N–H and O–H groups in total. The standard InChI is InChI=1S/C20H14BrNO5S2/c21-14-5-3-13(4-6-14)16(23)11-27-15-7-1-12(2-8-15)9-17-19(26)22(10-18(24)25)20(28)29-17/h1-9H,10-11H2,(H,24,25)/b17-9-. The van der Waals surface area contributed by atoms with Crippen LogP contribution in [-0.4, -0.2) is 45.1 Å². The van der Waals surface area contributed by atoms with E-state index in [1.165, 1.54) is 0 Å². The Bertz CT molecular complexity index is 1000. The molecule has 1 amide bonds. The van der Waals surface area contributed by atoms with Crippen LogP contribution in [0.4, 0.5) is 0 Å². The van der Waals surface area contributed by atoms with E-state index in [4.69, 9.17) is 22.1 Å². The second-order valence-electron chi connectivity index (χ2n) is 5.95. The quantitative estimate of drug-likeness (QED) is 0.356. The van der Waals surface area contributed by atoms with E-state index >= 15 is 0 Å². The Labute approximate surface area is 184 Å². The number of Topliss-reactive ketones (excluding diaryl/α,β-unsaturated/α-hetero) is 1. The Morgan fingerprint density at radius 2 is 1.79 bits per heavy atom. The van der Waals surface area contributed by atoms with Crippen LogP contribution in [0.25, 0.3) is 6.08 Å². The van der Waals surface area contributed by atoms with Crippen molar-refractivity contribution in [1.29, 1.82) is 0 Å². The zero-order valence-corrected chi connectivity index (χ0v) is 18.1. The number of nitrogens with zero attached hydrogens (tertiary/aromatic N) is 1. The third-order valence-corrected chi connectivity index (χ3v) is 5.79. The van der Waals surface area contributed by atoms with Crippen molar-refractivity contribution in [2.75, 3.05) is 13.2 Å². The molecule has 0 aliphatic carbocycles. The fourth-order valence-electron chi connectivity index (χ4n) is 2.45. The van der Waals surface area contributed by atoms with Crippen molar-refractivity contribution in [3.63, 3.8) is 0 Å². The topological polar surface area (TPSA) is 83.9 Å². The first-order valence-electron chi connectivity index (χ1n) is 8.32. The molecule has 0 spiro atoms. The summed E-state index contributed by atoms with van der Waals surface area (Å²) in [5.41, 5.74) is 1.29. The van der Waals surface area contributed by atoms with Gasteiger partial charge in [-0.05, 0) is 35.9 Å². The zero-order valence-electron chi connectivity index (χ0n) is 14.8. The van der Waals surface area contributed by atoms with Gasteiger partial charge in [-0.25, -0.2) is 0 Å². The van der Waals surface area contributed by atoms with Crippen LogP contribution in [0.15, 0.2) is 57.9 Å². The molecule has 29 heavy (non-hydrogen) atoms. The molecule has 1 aliphatic heterocycles. The summed E-state index contributed by atoms with van der Waals surface area (Å²) >= 11 is 9.45. The number of ketones is 1. The van der Waals surface area contributed by atoms with Gasteiger partial charge in [-0.1, -0.05) is 64.2 Å². The van der Waals surface area contributed by atoms with Crippen LogP contribution in [0, 0.1) is 0 Å². The highest BCUT2D eigenvalue weighted by atomic mass is 79.9. The molecule has 0 unspecified atom stereocenters. The summed E-state index contributed by atoms with van der Waals surface area (Å²) in [5.74, 6) is -1.17. The van der Waals surface area contributed by atoms with Crippen molar-refractivity contribution in [3.05, 3.63) is 69.0 Å². The van der Waals surface area contributed by atoms with Gasteiger partial charge in [-0.2, -0.15) is 0 Å². The molecule has 1 saturated heterocycles. The average Bonchev–Trinajstić information content (AvgIpc) is 2.95. The van der Waals surface area contributed by atoms with Gasteiger partial charge < -0.3 is 9.84 Å². The maximum Gasteiger partial charge on any atom is 0.323 e. The van der Waals surface area contributed by atoms with Gasteiger partial charge in [-0.15, -0.1) is 0 Å². The van der Waals surface area contributed by atoms with Crippen LogP contribution in [-0.2, 0) is 9.59 Å². The molecule has 0 saturated carbocycles. The van der Waals surface area contributed by atoms with E-state index in [0.29, 0.717) is 16.2 Å². The van der Waals surface area contributed by atoms with E-state index < -0.39 is 18.4 Å². The molecule has 2 aromatic carbocycles. The van der Waals surface area contributed by atoms with Crippen LogP contribution >= 0.6 is 39.9 Å². The SMILES string of the molecule is O=C(O)CN1C(=O)/C(=C/c2ccc(OCC(=O)c3ccc(Br)cc3)cc2)SC1=S. The predicted molar refractivity (Wildman–Crippen MR) is 118 cm³/mol. The van der Waals surface area contributed by atoms with Gasteiger partial charge in [0.15, 0.2) is 12.4 Å². The van der Waals surface area contributed by atoms with Crippen LogP contribution in [0.2, 0.25) is 0 Å². The molecule has 0 aromatic heterocycles. The lowest BCUT2D eigenvalue weighted by Gasteiger charge is -2.10. The number of carboxylic acid groups (broad SMARTS) is 1. The smallest absolute Gasteiger partial charge is 0.323 e. The molecule has 1 heterocycles. The summed E-state index contributed by atoms with van der Waals surface area (Å²) in [4.78, 5) is 36.7. The summed E-state index contributed by atoms with van der Waals surface area (Å²) in [5, 5.41) is 8.87. The average molecular weight is 492 g/mol. The lowest BCUT2D eigenvalue weighted by Crippen LogP contribution is -2.33. The number of hydrogen-bond acceptors (Lipinski definition) is 6. The zero-order chi connectivity index (χ0) is 21.0. The minimum Gasteiger partial charge on any atom is -0.485 e. The first kappa shape index (κ1) is 21.2. The van der Waals surface area contributed by atoms with Gasteiger partial charge in [0.2, 0.25) is 0 Å². The highest BCUT2D eigenvalue weighted by Crippen LogP contribution is 2.32. The normalized spacial score (nSPS) is 15.1. The van der Waals surface area contributed by atoms with E-state index in [1.54, 1.807) is 54.6 Å². The molecule has 148 valence electrons. The first-order valence-corrected chi connectivity index (χ1v) is 10.3. The number of thioether (sulfide) groups is 1. The van der Waals surface area contributed by atoms with Gasteiger partial charge in [0.05, 0.1) is 4.91 Å². The van der Waals surface area contributed by atoms with Crippen LogP contribution in [0.5, 0.6) is 5.75 Å². The number of carboxylic acids is 1. The molecular weight excluding hydrogens is 478 g/mol. The Morgan fingerprint density at radius 1 is 1.14 bits per heavy atom. The minimum absolute atomic E-state index is 0.0885. The number of amides is 1. The van der Waals surface area contributed by atoms with Gasteiger partial charge in [0.1, 0.15) is 16.6 Å². The number of halogens is 1. The summed E-state index contributed by atoms with van der Waals surface area (Å²) in [6.07, 6.45) is 1.64. The molecule has 0 radical (unpaired) electrons. The molecule has 3 rings (SSSR count). The summed E-state index contributed by atoms with van der Waals surface area (Å²) in [6, 6.07) is 13.9. The lowest BCUT2D eigenvalue weighted by atomic mass is 10.1. The van der Waals surface area contributed by atoms with E-state index in [9.17, 15) is 14.4 Å². The monoisotopic (exact) mass is 491 g/mol. The molecule has 1 aliphatic rings. The van der Waals surface area contributed by atoms with Gasteiger partial charge in [0, 0.05) is 10.0 Å². The number of ether oxygens (including phenoxy) is 1. The van der Waals surface area contributed by atoms with E-state index in [-0.39, 0.29) is 16.7 Å². The molecular formula is C20H14BrNO5S2. The summed E-state index contributed by atoms with van der Waals surface area (Å²) < 4.78 is 6.64. The molecule has 6 nitrogen and oxygen atoms in total. The maximum absolute atomic E-state index is 12.3. The Morgan fingerprint density at radius 3 is 2.41 bits per heavy atom. The van der Waals surface area contributed by atoms with E-state index in [0.717, 1.165) is 26.7 Å². The highest BCUT2D eigenvalue weighted by molar-refractivity contribution is 9.10. The van der Waals surface area contributed by atoms with Crippen molar-refractivity contribution in [3.8, 4) is 5.75 Å². The summed E-state index contributed by atoms with van der Waals surface area (Å²) in [6.45, 7) is -0.546. The number of rotatable bonds is 7. The predicted octanol–water partition coefficient (Wildman–Crippen LogP) is 4.00. The number of carbonyl (C=O) groups is 3. The van der Waals surface area contributed by atoms with Gasteiger partial charge >= 0.3 is 5.97 Å². The molecule has 9 heteroatoms. The molecule has 0 bridgehead atoms. The fraction of sp³-hybridized carbons (Fsp3) is 0.100. The Hall–Kier alpha value is -2.49. The molecule has 0 atom stereocenters. The van der Waals surface area contributed by atoms with Crippen molar-refractivity contribution in [1.82, 2.24) is 4.90 Å². The Kier molecular flexibility index (Phi) is 6.83. The third kappa shape index (κ3) is 5.53. The van der Waals surface area contributed by atoms with Crippen LogP contribution in [0.1, 0.15) is 15.9 Å². The molecule has 2 aromatic rings. The number of carbonyl (C=O) groups excluding carboxylic acids is 2. The van der Waals surface area contributed by atoms with Crippen LogP contribution in [0.3, 0.4) is 0 Å². The number of thiocarbonyl (C=S) groups is 1. The van der Waals surface area contributed by atoms with Crippen molar-refractivity contribution in [2.24, 2.45) is 0 Å². The number of hydrogen-bond donors (Lipinski definition) is 1. The lowest BCUT2D eigenvalue weighted by molar-refractivity contribution is -0.140. The summed E-state index contributed by atoms with van der Waals surface area (Å²) in [7, 11) is 0. The fourth-order valence-corrected chi connectivity index (χ4v) is 3.97. The van der Waals surface area contributed by atoms with E-state index in [1.807, 2.05) is 0 Å². The highest BCUT2D eigenvalue weighted by Gasteiger charge is 2.33. The third-order valence-electron chi connectivity index (χ3n) is 3.88. The number of aliphatic carboxylic acids is 1. The second kappa shape index (κ2) is 9.34. The molecule has 1 fully saturated rings. The van der Waals surface area contributed by atoms with Crippen molar-refractivity contribution >= 4 is 68.0 Å². The second-order valence-corrected chi connectivity index (χ2v) is 8.54. The number of benzene rings is 2. The van der Waals surface area contributed by atoms with Crippen LogP contribution < -0.4 is 4.74 Å². The largest absolute Gasteiger partial charge is 0.485 e. The van der Waals surface area contributed by atoms with Crippen molar-refractivity contribution in [2.45, 2.75) is 0 Å². The maximum atomic E-state index is 12.3. The van der Waals surface area contributed by atoms with Gasteiger partial charge in [0.25, 0.3) is 5.91 Å². The van der Waals surface area contributed by atoms with Crippen molar-refractivity contribution < 1.29 is 24.2 Å². The first-order chi connectivity index (χ1) is 13.8. The van der Waals surface area contributed by atoms with E-state index in [2.05, 4.69) is 15.9 Å². The van der Waals surface area contributed by atoms with Gasteiger partial charge in [-0.3, -0.25) is 19.3 Å². The Balaban J connectivity index is 1.61.